The van der Waals surface area contributed by atoms with Gasteiger partial charge < -0.3 is 0 Å². The summed E-state index contributed by atoms with van der Waals surface area (Å²) in [6.07, 6.45) is 4.49. The van der Waals surface area contributed by atoms with E-state index < -0.39 is 10.0 Å². The Balaban J connectivity index is 2.14. The second-order valence-corrected chi connectivity index (χ2v) is 7.70. The Bertz CT molecular complexity index is 638. The Labute approximate surface area is 120 Å². The highest BCUT2D eigenvalue weighted by Crippen LogP contribution is 2.37. The highest BCUT2D eigenvalue weighted by molar-refractivity contribution is 7.89. The maximum Gasteiger partial charge on any atom is 0.240 e. The van der Waals surface area contributed by atoms with Crippen molar-refractivity contribution >= 4 is 10.0 Å². The van der Waals surface area contributed by atoms with E-state index in [4.69, 9.17) is 5.26 Å². The Morgan fingerprint density at radius 1 is 1.35 bits per heavy atom. The quantitative estimate of drug-likeness (QED) is 0.927. The third-order valence-corrected chi connectivity index (χ3v) is 5.53. The van der Waals surface area contributed by atoms with E-state index in [1.54, 1.807) is 19.1 Å². The molecular weight excluding hydrogens is 272 g/mol. The molecule has 0 aromatic heterocycles. The van der Waals surface area contributed by atoms with Crippen LogP contribution in [0.1, 0.15) is 43.7 Å². The van der Waals surface area contributed by atoms with Crippen LogP contribution in [-0.2, 0) is 10.0 Å². The van der Waals surface area contributed by atoms with Crippen molar-refractivity contribution in [1.82, 2.24) is 4.72 Å². The standard InChI is InChI=1S/C15H20N2O2S/c1-12-9-14(6-5-13(12)10-16)20(18,19)17-11-15(2)7-3-4-8-15/h5-6,9,17H,3-4,7-8,11H2,1-2H3. The third kappa shape index (κ3) is 3.20. The fourth-order valence-corrected chi connectivity index (χ4v) is 3.97. The second-order valence-electron chi connectivity index (χ2n) is 5.93. The van der Waals surface area contributed by atoms with Gasteiger partial charge in [-0.25, -0.2) is 13.1 Å². The van der Waals surface area contributed by atoms with Crippen LogP contribution in [0.3, 0.4) is 0 Å². The molecule has 0 heterocycles. The lowest BCUT2D eigenvalue weighted by Gasteiger charge is -2.23. The van der Waals surface area contributed by atoms with Crippen molar-refractivity contribution in [1.29, 1.82) is 5.26 Å². The van der Waals surface area contributed by atoms with E-state index in [1.807, 2.05) is 6.07 Å². The molecule has 0 bridgehead atoms. The van der Waals surface area contributed by atoms with Gasteiger partial charge in [0.1, 0.15) is 0 Å². The lowest BCUT2D eigenvalue weighted by molar-refractivity contribution is 0.336. The van der Waals surface area contributed by atoms with Gasteiger partial charge in [-0.05, 0) is 48.9 Å². The molecule has 1 aromatic carbocycles. The van der Waals surface area contributed by atoms with Gasteiger partial charge in [-0.15, -0.1) is 0 Å². The zero-order valence-corrected chi connectivity index (χ0v) is 12.8. The first-order valence-corrected chi connectivity index (χ1v) is 8.35. The van der Waals surface area contributed by atoms with E-state index in [-0.39, 0.29) is 10.3 Å². The van der Waals surface area contributed by atoms with Crippen LogP contribution in [0.25, 0.3) is 0 Å². The molecule has 1 aliphatic carbocycles. The fraction of sp³-hybridized carbons (Fsp3) is 0.533. The molecule has 0 amide bonds. The molecule has 20 heavy (non-hydrogen) atoms. The predicted octanol–water partition coefficient (Wildman–Crippen LogP) is 2.73. The molecule has 0 atom stereocenters. The van der Waals surface area contributed by atoms with Crippen LogP contribution >= 0.6 is 0 Å². The number of sulfonamides is 1. The highest BCUT2D eigenvalue weighted by Gasteiger charge is 2.30. The number of nitrogens with one attached hydrogen (secondary N) is 1. The van der Waals surface area contributed by atoms with Crippen molar-refractivity contribution in [2.75, 3.05) is 6.54 Å². The molecule has 0 radical (unpaired) electrons. The molecule has 0 spiro atoms. The molecular formula is C15H20N2O2S. The molecule has 1 aliphatic rings. The molecule has 1 fully saturated rings. The van der Waals surface area contributed by atoms with Gasteiger partial charge in [-0.1, -0.05) is 19.8 Å². The summed E-state index contributed by atoms with van der Waals surface area (Å²) >= 11 is 0. The van der Waals surface area contributed by atoms with E-state index >= 15 is 0 Å². The normalized spacial score (nSPS) is 17.9. The average molecular weight is 292 g/mol. The van der Waals surface area contributed by atoms with Gasteiger partial charge in [0.25, 0.3) is 0 Å². The van der Waals surface area contributed by atoms with Crippen molar-refractivity contribution in [2.45, 2.75) is 44.4 Å². The van der Waals surface area contributed by atoms with Crippen LogP contribution in [0.15, 0.2) is 23.1 Å². The molecule has 0 unspecified atom stereocenters. The molecule has 1 saturated carbocycles. The maximum absolute atomic E-state index is 12.3. The summed E-state index contributed by atoms with van der Waals surface area (Å²) < 4.78 is 27.3. The van der Waals surface area contributed by atoms with Crippen LogP contribution in [0.5, 0.6) is 0 Å². The van der Waals surface area contributed by atoms with E-state index in [0.29, 0.717) is 17.7 Å². The van der Waals surface area contributed by atoms with Crippen molar-refractivity contribution in [3.8, 4) is 6.07 Å². The summed E-state index contributed by atoms with van der Waals surface area (Å²) in [5.41, 5.74) is 1.27. The predicted molar refractivity (Wildman–Crippen MR) is 77.7 cm³/mol. The van der Waals surface area contributed by atoms with Crippen LogP contribution in [0.4, 0.5) is 0 Å². The summed E-state index contributed by atoms with van der Waals surface area (Å²) in [4.78, 5) is 0.232. The number of rotatable bonds is 4. The van der Waals surface area contributed by atoms with Crippen molar-refractivity contribution in [3.63, 3.8) is 0 Å². The van der Waals surface area contributed by atoms with Gasteiger partial charge in [-0.2, -0.15) is 5.26 Å². The Morgan fingerprint density at radius 3 is 2.55 bits per heavy atom. The molecule has 4 nitrogen and oxygen atoms in total. The van der Waals surface area contributed by atoms with Gasteiger partial charge in [-0.3, -0.25) is 0 Å². The minimum absolute atomic E-state index is 0.0781. The summed E-state index contributed by atoms with van der Waals surface area (Å²) in [6, 6.07) is 6.64. The first kappa shape index (κ1) is 15.0. The first-order chi connectivity index (χ1) is 9.36. The SMILES string of the molecule is Cc1cc(S(=O)(=O)NCC2(C)CCCC2)ccc1C#N. The monoisotopic (exact) mass is 292 g/mol. The molecule has 108 valence electrons. The second kappa shape index (κ2) is 5.55. The molecule has 1 N–H and O–H groups in total. The van der Waals surface area contributed by atoms with Gasteiger partial charge in [0.15, 0.2) is 0 Å². The van der Waals surface area contributed by atoms with Gasteiger partial charge in [0, 0.05) is 6.54 Å². The maximum atomic E-state index is 12.3. The molecule has 0 aliphatic heterocycles. The number of hydrogen-bond acceptors (Lipinski definition) is 3. The Hall–Kier alpha value is -1.38. The number of nitriles is 1. The number of benzene rings is 1. The van der Waals surface area contributed by atoms with Crippen molar-refractivity contribution < 1.29 is 8.42 Å². The van der Waals surface area contributed by atoms with E-state index in [0.717, 1.165) is 12.8 Å². The Kier molecular flexibility index (Phi) is 4.17. The number of hydrogen-bond donors (Lipinski definition) is 1. The van der Waals surface area contributed by atoms with Crippen LogP contribution < -0.4 is 4.72 Å². The molecule has 1 aromatic rings. The van der Waals surface area contributed by atoms with Gasteiger partial charge in [0.05, 0.1) is 16.5 Å². The van der Waals surface area contributed by atoms with Crippen molar-refractivity contribution in [2.24, 2.45) is 5.41 Å². The van der Waals surface area contributed by atoms with Gasteiger partial charge in [0.2, 0.25) is 10.0 Å². The molecule has 5 heteroatoms. The molecule has 2 rings (SSSR count). The van der Waals surface area contributed by atoms with E-state index in [2.05, 4.69) is 11.6 Å². The summed E-state index contributed by atoms with van der Waals surface area (Å²) in [5.74, 6) is 0. The molecule has 0 saturated heterocycles. The average Bonchev–Trinajstić information content (AvgIpc) is 2.84. The Morgan fingerprint density at radius 2 is 2.00 bits per heavy atom. The fourth-order valence-electron chi connectivity index (χ4n) is 2.69. The number of nitrogens with zero attached hydrogens (tertiary/aromatic N) is 1. The largest absolute Gasteiger partial charge is 0.240 e. The minimum atomic E-state index is -3.49. The summed E-state index contributed by atoms with van der Waals surface area (Å²) in [6.45, 7) is 4.36. The van der Waals surface area contributed by atoms with Gasteiger partial charge >= 0.3 is 0 Å². The minimum Gasteiger partial charge on any atom is -0.211 e. The highest BCUT2D eigenvalue weighted by atomic mass is 32.2. The first-order valence-electron chi connectivity index (χ1n) is 6.87. The van der Waals surface area contributed by atoms with E-state index in [9.17, 15) is 8.42 Å². The number of aryl methyl sites for hydroxylation is 1. The lowest BCUT2D eigenvalue weighted by Crippen LogP contribution is -2.34. The topological polar surface area (TPSA) is 70.0 Å². The van der Waals surface area contributed by atoms with Crippen LogP contribution in [0, 0.1) is 23.7 Å². The van der Waals surface area contributed by atoms with E-state index in [1.165, 1.54) is 18.9 Å². The zero-order chi connectivity index (χ0) is 14.8. The lowest BCUT2D eigenvalue weighted by atomic mass is 9.89. The van der Waals surface area contributed by atoms with Crippen LogP contribution in [-0.4, -0.2) is 15.0 Å². The van der Waals surface area contributed by atoms with Crippen molar-refractivity contribution in [3.05, 3.63) is 29.3 Å². The van der Waals surface area contributed by atoms with Crippen LogP contribution in [0.2, 0.25) is 0 Å². The summed E-state index contributed by atoms with van der Waals surface area (Å²) in [7, 11) is -3.49. The third-order valence-electron chi connectivity index (χ3n) is 4.13. The summed E-state index contributed by atoms with van der Waals surface area (Å²) in [5, 5.41) is 8.88. The smallest absolute Gasteiger partial charge is 0.211 e. The zero-order valence-electron chi connectivity index (χ0n) is 11.9.